The van der Waals surface area contributed by atoms with E-state index in [9.17, 15) is 20.1 Å². The van der Waals surface area contributed by atoms with Crippen molar-refractivity contribution in [3.63, 3.8) is 0 Å². The summed E-state index contributed by atoms with van der Waals surface area (Å²) in [6, 6.07) is 0. The molecule has 146 valence electrons. The van der Waals surface area contributed by atoms with Crippen molar-refractivity contribution in [3.8, 4) is 0 Å². The average Bonchev–Trinajstić information content (AvgIpc) is 2.82. The number of hydrogen-bond acceptors (Lipinski definition) is 4. The summed E-state index contributed by atoms with van der Waals surface area (Å²) in [5.74, 6) is -0.833. The first-order chi connectivity index (χ1) is 12.0. The Morgan fingerprint density at radius 1 is 1.08 bits per heavy atom. The van der Waals surface area contributed by atoms with Crippen LogP contribution in [0.1, 0.15) is 77.6 Å². The second-order valence-corrected chi connectivity index (χ2v) is 7.41. The molecule has 0 aromatic carbocycles. The van der Waals surface area contributed by atoms with Crippen molar-refractivity contribution in [2.75, 3.05) is 0 Å². The van der Waals surface area contributed by atoms with Gasteiger partial charge in [-0.15, -0.1) is 0 Å². The van der Waals surface area contributed by atoms with Crippen LogP contribution in [0, 0.1) is 11.8 Å². The molecule has 1 saturated carbocycles. The minimum Gasteiger partial charge on any atom is -0.481 e. The molecule has 0 aromatic heterocycles. The van der Waals surface area contributed by atoms with Gasteiger partial charge in [0.05, 0.1) is 18.3 Å². The van der Waals surface area contributed by atoms with Crippen LogP contribution in [0.25, 0.3) is 0 Å². The summed E-state index contributed by atoms with van der Waals surface area (Å²) < 4.78 is 0. The predicted molar refractivity (Wildman–Crippen MR) is 98.2 cm³/mol. The molecule has 3 unspecified atom stereocenters. The number of aliphatic hydroxyl groups excluding tert-OH is 3. The Morgan fingerprint density at radius 3 is 2.48 bits per heavy atom. The molecule has 0 amide bonds. The quantitative estimate of drug-likeness (QED) is 0.300. The molecule has 5 nitrogen and oxygen atoms in total. The topological polar surface area (TPSA) is 98.0 Å². The zero-order chi connectivity index (χ0) is 18.7. The largest absolute Gasteiger partial charge is 0.481 e. The number of carboxylic acids is 1. The SMILES string of the molecule is CCCCCC(O)C=C[C@H]1C(O)CC(O)[C@H]1CCCCCCC(=O)O. The molecule has 25 heavy (non-hydrogen) atoms. The highest BCUT2D eigenvalue weighted by Gasteiger charge is 2.39. The molecule has 5 atom stereocenters. The number of aliphatic hydroxyl groups is 3. The van der Waals surface area contributed by atoms with Gasteiger partial charge in [-0.05, 0) is 25.2 Å². The molecule has 1 fully saturated rings. The molecule has 0 radical (unpaired) electrons. The summed E-state index contributed by atoms with van der Waals surface area (Å²) in [6.07, 6.45) is 11.0. The Kier molecular flexibility index (Phi) is 11.0. The molecule has 1 rings (SSSR count). The molecular weight excluding hydrogens is 320 g/mol. The second kappa shape index (κ2) is 12.4. The minimum absolute atomic E-state index is 0.0218. The van der Waals surface area contributed by atoms with Crippen LogP contribution in [0.4, 0.5) is 0 Å². The summed E-state index contributed by atoms with van der Waals surface area (Å²) in [5, 5.41) is 39.0. The molecule has 0 aromatic rings. The maximum absolute atomic E-state index is 10.5. The van der Waals surface area contributed by atoms with E-state index in [-0.39, 0.29) is 18.3 Å². The highest BCUT2D eigenvalue weighted by molar-refractivity contribution is 5.66. The monoisotopic (exact) mass is 356 g/mol. The lowest BCUT2D eigenvalue weighted by atomic mass is 9.88. The predicted octanol–water partition coefficient (Wildman–Crippen LogP) is 3.27. The van der Waals surface area contributed by atoms with E-state index >= 15 is 0 Å². The fraction of sp³-hybridized carbons (Fsp3) is 0.850. The first kappa shape index (κ1) is 22.1. The standard InChI is InChI=1S/C20H36O5/c1-2-3-6-9-15(21)12-13-17-16(18(22)14-19(17)23)10-7-4-5-8-11-20(24)25/h12-13,15-19,21-23H,2-11,14H2,1H3,(H,24,25)/t15?,16-,17+,18?,19?/m0/s1. The van der Waals surface area contributed by atoms with Crippen molar-refractivity contribution >= 4 is 5.97 Å². The summed E-state index contributed by atoms with van der Waals surface area (Å²) in [7, 11) is 0. The smallest absolute Gasteiger partial charge is 0.303 e. The van der Waals surface area contributed by atoms with Crippen LogP contribution in [0.15, 0.2) is 12.2 Å². The third kappa shape index (κ3) is 8.84. The molecule has 0 heterocycles. The molecule has 4 N–H and O–H groups in total. The van der Waals surface area contributed by atoms with E-state index < -0.39 is 24.3 Å². The van der Waals surface area contributed by atoms with Crippen molar-refractivity contribution < 1.29 is 25.2 Å². The van der Waals surface area contributed by atoms with Crippen LogP contribution in [0.5, 0.6) is 0 Å². The zero-order valence-corrected chi connectivity index (χ0v) is 15.5. The number of aliphatic carboxylic acids is 1. The highest BCUT2D eigenvalue weighted by atomic mass is 16.4. The summed E-state index contributed by atoms with van der Waals surface area (Å²) in [5.41, 5.74) is 0. The van der Waals surface area contributed by atoms with Crippen LogP contribution in [0.2, 0.25) is 0 Å². The average molecular weight is 357 g/mol. The Hall–Kier alpha value is -0.910. The van der Waals surface area contributed by atoms with Crippen molar-refractivity contribution in [2.45, 2.75) is 95.9 Å². The van der Waals surface area contributed by atoms with Crippen molar-refractivity contribution in [1.29, 1.82) is 0 Å². The lowest BCUT2D eigenvalue weighted by Gasteiger charge is -2.21. The van der Waals surface area contributed by atoms with Crippen molar-refractivity contribution in [3.05, 3.63) is 12.2 Å². The third-order valence-electron chi connectivity index (χ3n) is 5.25. The van der Waals surface area contributed by atoms with Gasteiger partial charge in [-0.1, -0.05) is 57.6 Å². The van der Waals surface area contributed by atoms with E-state index in [1.807, 2.05) is 6.08 Å². The summed E-state index contributed by atoms with van der Waals surface area (Å²) >= 11 is 0. The van der Waals surface area contributed by atoms with E-state index in [2.05, 4.69) is 6.92 Å². The fourth-order valence-corrected chi connectivity index (χ4v) is 3.74. The van der Waals surface area contributed by atoms with Gasteiger partial charge in [-0.2, -0.15) is 0 Å². The fourth-order valence-electron chi connectivity index (χ4n) is 3.74. The maximum atomic E-state index is 10.5. The maximum Gasteiger partial charge on any atom is 0.303 e. The van der Waals surface area contributed by atoms with Gasteiger partial charge < -0.3 is 20.4 Å². The van der Waals surface area contributed by atoms with Gasteiger partial charge in [-0.3, -0.25) is 4.79 Å². The second-order valence-electron chi connectivity index (χ2n) is 7.41. The Labute approximate surface area is 151 Å². The number of carbonyl (C=O) groups is 1. The van der Waals surface area contributed by atoms with Gasteiger partial charge in [0.15, 0.2) is 0 Å². The molecular formula is C20H36O5. The molecule has 0 saturated heterocycles. The van der Waals surface area contributed by atoms with Gasteiger partial charge >= 0.3 is 5.97 Å². The Bertz CT molecular complexity index is 396. The molecule has 1 aliphatic rings. The molecule has 0 spiro atoms. The minimum atomic E-state index is -0.753. The first-order valence-electron chi connectivity index (χ1n) is 9.90. The summed E-state index contributed by atoms with van der Waals surface area (Å²) in [6.45, 7) is 2.13. The first-order valence-corrected chi connectivity index (χ1v) is 9.90. The van der Waals surface area contributed by atoms with E-state index in [0.29, 0.717) is 12.8 Å². The van der Waals surface area contributed by atoms with Gasteiger partial charge in [0, 0.05) is 18.8 Å². The van der Waals surface area contributed by atoms with Gasteiger partial charge in [0.25, 0.3) is 0 Å². The van der Waals surface area contributed by atoms with Crippen molar-refractivity contribution in [1.82, 2.24) is 0 Å². The van der Waals surface area contributed by atoms with Gasteiger partial charge in [0.2, 0.25) is 0 Å². The Morgan fingerprint density at radius 2 is 1.80 bits per heavy atom. The van der Waals surface area contributed by atoms with Crippen LogP contribution in [-0.2, 0) is 4.79 Å². The molecule has 0 bridgehead atoms. The van der Waals surface area contributed by atoms with E-state index in [4.69, 9.17) is 5.11 Å². The number of rotatable bonds is 13. The molecule has 0 aliphatic heterocycles. The number of hydrogen-bond donors (Lipinski definition) is 4. The van der Waals surface area contributed by atoms with E-state index in [0.717, 1.165) is 51.4 Å². The van der Waals surface area contributed by atoms with Crippen LogP contribution in [-0.4, -0.2) is 44.7 Å². The van der Waals surface area contributed by atoms with Gasteiger partial charge in [-0.25, -0.2) is 0 Å². The summed E-state index contributed by atoms with van der Waals surface area (Å²) in [4.78, 5) is 10.5. The lowest BCUT2D eigenvalue weighted by Crippen LogP contribution is -2.21. The van der Waals surface area contributed by atoms with Crippen LogP contribution in [0.3, 0.4) is 0 Å². The van der Waals surface area contributed by atoms with Crippen LogP contribution >= 0.6 is 0 Å². The number of carboxylic acid groups (broad SMARTS) is 1. The highest BCUT2D eigenvalue weighted by Crippen LogP contribution is 2.37. The van der Waals surface area contributed by atoms with E-state index in [1.165, 1.54) is 0 Å². The molecule has 1 aliphatic carbocycles. The molecule has 5 heteroatoms. The normalized spacial score (nSPS) is 27.8. The van der Waals surface area contributed by atoms with Crippen molar-refractivity contribution in [2.24, 2.45) is 11.8 Å². The Balaban J connectivity index is 2.38. The lowest BCUT2D eigenvalue weighted by molar-refractivity contribution is -0.137. The van der Waals surface area contributed by atoms with Crippen LogP contribution < -0.4 is 0 Å². The third-order valence-corrected chi connectivity index (χ3v) is 5.25. The van der Waals surface area contributed by atoms with E-state index in [1.54, 1.807) is 6.08 Å². The van der Waals surface area contributed by atoms with Gasteiger partial charge in [0.1, 0.15) is 0 Å². The number of unbranched alkanes of at least 4 members (excludes halogenated alkanes) is 5. The zero-order valence-electron chi connectivity index (χ0n) is 15.5.